The molecule has 2 rings (SSSR count). The van der Waals surface area contributed by atoms with Gasteiger partial charge in [-0.15, -0.1) is 0 Å². The molecule has 1 aromatic carbocycles. The van der Waals surface area contributed by atoms with Gasteiger partial charge < -0.3 is 10.6 Å². The summed E-state index contributed by atoms with van der Waals surface area (Å²) in [6.45, 7) is 2.15. The van der Waals surface area contributed by atoms with Gasteiger partial charge in [0.2, 0.25) is 0 Å². The molecule has 0 spiro atoms. The topological polar surface area (TPSA) is 46.3 Å². The monoisotopic (exact) mass is 272 g/mol. The highest BCUT2D eigenvalue weighted by Crippen LogP contribution is 2.33. The van der Waals surface area contributed by atoms with Gasteiger partial charge >= 0.3 is 6.18 Å². The van der Waals surface area contributed by atoms with Gasteiger partial charge in [-0.25, -0.2) is 0 Å². The third-order valence-electron chi connectivity index (χ3n) is 3.54. The molecule has 1 fully saturated rings. The number of hydrogen-bond donors (Lipinski definition) is 1. The van der Waals surface area contributed by atoms with Gasteiger partial charge in [-0.2, -0.15) is 13.2 Å². The van der Waals surface area contributed by atoms with Gasteiger partial charge in [-0.1, -0.05) is 12.1 Å². The van der Waals surface area contributed by atoms with Crippen molar-refractivity contribution in [1.29, 1.82) is 0 Å². The van der Waals surface area contributed by atoms with Crippen molar-refractivity contribution in [3.63, 3.8) is 0 Å². The summed E-state index contributed by atoms with van der Waals surface area (Å²) in [5.74, 6) is -0.603. The molecule has 1 heterocycles. The summed E-state index contributed by atoms with van der Waals surface area (Å²) < 4.78 is 38.6. The first-order valence-electron chi connectivity index (χ1n) is 6.05. The van der Waals surface area contributed by atoms with Crippen molar-refractivity contribution in [2.24, 2.45) is 5.73 Å². The van der Waals surface area contributed by atoms with E-state index >= 15 is 0 Å². The van der Waals surface area contributed by atoms with E-state index < -0.39 is 17.6 Å². The van der Waals surface area contributed by atoms with Crippen LogP contribution in [0.3, 0.4) is 0 Å². The minimum atomic E-state index is -4.53. The van der Waals surface area contributed by atoms with Gasteiger partial charge in [0.15, 0.2) is 0 Å². The maximum absolute atomic E-state index is 12.9. The van der Waals surface area contributed by atoms with E-state index in [2.05, 4.69) is 0 Å². The molecule has 0 aliphatic carbocycles. The molecular formula is C13H15F3N2O. The summed E-state index contributed by atoms with van der Waals surface area (Å²) in [6, 6.07) is 4.42. The summed E-state index contributed by atoms with van der Waals surface area (Å²) in [5, 5.41) is 0. The lowest BCUT2D eigenvalue weighted by atomic mass is 10.1. The number of halogens is 3. The second-order valence-electron chi connectivity index (χ2n) is 4.74. The van der Waals surface area contributed by atoms with Crippen molar-refractivity contribution in [3.8, 4) is 0 Å². The molecule has 2 atom stereocenters. The van der Waals surface area contributed by atoms with Crippen LogP contribution in [0.25, 0.3) is 0 Å². The van der Waals surface area contributed by atoms with E-state index in [4.69, 9.17) is 5.73 Å². The maximum Gasteiger partial charge on any atom is 0.417 e. The quantitative estimate of drug-likeness (QED) is 0.852. The molecule has 6 heteroatoms. The first-order valence-corrected chi connectivity index (χ1v) is 6.05. The van der Waals surface area contributed by atoms with Crippen LogP contribution in [0.15, 0.2) is 24.3 Å². The molecule has 2 N–H and O–H groups in total. The Hall–Kier alpha value is -1.56. The third kappa shape index (κ3) is 2.58. The molecule has 0 radical (unpaired) electrons. The number of amides is 1. The highest BCUT2D eigenvalue weighted by atomic mass is 19.4. The average molecular weight is 272 g/mol. The van der Waals surface area contributed by atoms with Crippen LogP contribution in [-0.4, -0.2) is 29.4 Å². The zero-order valence-electron chi connectivity index (χ0n) is 10.4. The third-order valence-corrected chi connectivity index (χ3v) is 3.54. The van der Waals surface area contributed by atoms with E-state index in [0.29, 0.717) is 13.0 Å². The molecule has 1 aliphatic rings. The van der Waals surface area contributed by atoms with Gasteiger partial charge in [0.25, 0.3) is 5.91 Å². The Labute approximate surface area is 109 Å². The Balaban J connectivity index is 2.35. The Morgan fingerprint density at radius 3 is 2.53 bits per heavy atom. The van der Waals surface area contributed by atoms with Crippen LogP contribution in [0.4, 0.5) is 13.2 Å². The zero-order valence-corrected chi connectivity index (χ0v) is 10.4. The molecule has 0 bridgehead atoms. The van der Waals surface area contributed by atoms with Gasteiger partial charge in [0, 0.05) is 18.6 Å². The Morgan fingerprint density at radius 2 is 2.00 bits per heavy atom. The number of likely N-dealkylation sites (tertiary alicyclic amines) is 1. The summed E-state index contributed by atoms with van der Waals surface area (Å²) in [7, 11) is 0. The number of rotatable bonds is 1. The molecule has 104 valence electrons. The predicted octanol–water partition coefficient (Wildman–Crippen LogP) is 2.27. The lowest BCUT2D eigenvalue weighted by Gasteiger charge is -2.24. The van der Waals surface area contributed by atoms with Crippen LogP contribution in [0.2, 0.25) is 0 Å². The van der Waals surface area contributed by atoms with Gasteiger partial charge in [0.1, 0.15) is 0 Å². The second kappa shape index (κ2) is 4.85. The Bertz CT molecular complexity index is 487. The molecule has 2 unspecified atom stereocenters. The fourth-order valence-electron chi connectivity index (χ4n) is 2.32. The van der Waals surface area contributed by atoms with Crippen molar-refractivity contribution in [2.45, 2.75) is 31.6 Å². The highest BCUT2D eigenvalue weighted by Gasteiger charge is 2.38. The van der Waals surface area contributed by atoms with E-state index in [0.717, 1.165) is 6.07 Å². The van der Waals surface area contributed by atoms with E-state index in [1.165, 1.54) is 23.1 Å². The highest BCUT2D eigenvalue weighted by molar-refractivity contribution is 5.96. The van der Waals surface area contributed by atoms with Gasteiger partial charge in [0.05, 0.1) is 11.1 Å². The number of hydrogen-bond acceptors (Lipinski definition) is 2. The largest absolute Gasteiger partial charge is 0.417 e. The first-order chi connectivity index (χ1) is 8.82. The fourth-order valence-corrected chi connectivity index (χ4v) is 2.32. The van der Waals surface area contributed by atoms with E-state index in [1.807, 2.05) is 0 Å². The number of carbonyl (C=O) groups is 1. The minimum absolute atomic E-state index is 0.179. The maximum atomic E-state index is 12.9. The predicted molar refractivity (Wildman–Crippen MR) is 64.5 cm³/mol. The smallest absolute Gasteiger partial charge is 0.334 e. The molecule has 19 heavy (non-hydrogen) atoms. The molecule has 1 amide bonds. The van der Waals surface area contributed by atoms with Crippen LogP contribution in [0, 0.1) is 0 Å². The Kier molecular flexibility index (Phi) is 3.54. The summed E-state index contributed by atoms with van der Waals surface area (Å²) in [4.78, 5) is 13.7. The molecule has 1 saturated heterocycles. The van der Waals surface area contributed by atoms with Crippen molar-refractivity contribution in [3.05, 3.63) is 35.4 Å². The van der Waals surface area contributed by atoms with Crippen molar-refractivity contribution in [2.75, 3.05) is 6.54 Å². The van der Waals surface area contributed by atoms with Crippen LogP contribution < -0.4 is 5.73 Å². The SMILES string of the molecule is CC1C(N)CCN1C(=O)c1ccccc1C(F)(F)F. The van der Waals surface area contributed by atoms with E-state index in [-0.39, 0.29) is 17.6 Å². The average Bonchev–Trinajstić information content (AvgIpc) is 2.68. The van der Waals surface area contributed by atoms with E-state index in [9.17, 15) is 18.0 Å². The van der Waals surface area contributed by atoms with Crippen LogP contribution in [0.1, 0.15) is 29.3 Å². The Morgan fingerprint density at radius 1 is 1.37 bits per heavy atom. The van der Waals surface area contributed by atoms with Crippen molar-refractivity contribution in [1.82, 2.24) is 4.90 Å². The number of alkyl halides is 3. The van der Waals surface area contributed by atoms with Gasteiger partial charge in [-0.3, -0.25) is 4.79 Å². The fraction of sp³-hybridized carbons (Fsp3) is 0.462. The summed E-state index contributed by atoms with van der Waals surface area (Å²) in [5.41, 5.74) is 4.59. The molecule has 1 aliphatic heterocycles. The molecular weight excluding hydrogens is 257 g/mol. The number of carbonyl (C=O) groups excluding carboxylic acids is 1. The van der Waals surface area contributed by atoms with Gasteiger partial charge in [-0.05, 0) is 25.5 Å². The molecule has 3 nitrogen and oxygen atoms in total. The zero-order chi connectivity index (χ0) is 14.2. The summed E-state index contributed by atoms with van der Waals surface area (Å²) in [6.07, 6.45) is -3.92. The lowest BCUT2D eigenvalue weighted by molar-refractivity contribution is -0.138. The second-order valence-corrected chi connectivity index (χ2v) is 4.74. The molecule has 0 saturated carbocycles. The van der Waals surface area contributed by atoms with Crippen LogP contribution in [-0.2, 0) is 6.18 Å². The summed E-state index contributed by atoms with van der Waals surface area (Å²) >= 11 is 0. The standard InChI is InChI=1S/C13H15F3N2O/c1-8-11(17)6-7-18(8)12(19)9-4-2-3-5-10(9)13(14,15)16/h2-5,8,11H,6-7,17H2,1H3. The molecule has 1 aromatic rings. The van der Waals surface area contributed by atoms with E-state index in [1.54, 1.807) is 6.92 Å². The van der Waals surface area contributed by atoms with Crippen LogP contribution >= 0.6 is 0 Å². The van der Waals surface area contributed by atoms with Crippen molar-refractivity contribution >= 4 is 5.91 Å². The molecule has 0 aromatic heterocycles. The normalized spacial score (nSPS) is 23.7. The number of nitrogens with zero attached hydrogens (tertiary/aromatic N) is 1. The first kappa shape index (κ1) is 13.9. The van der Waals surface area contributed by atoms with Crippen molar-refractivity contribution < 1.29 is 18.0 Å². The van der Waals surface area contributed by atoms with Crippen LogP contribution in [0.5, 0.6) is 0 Å². The minimum Gasteiger partial charge on any atom is -0.334 e. The number of benzene rings is 1. The number of nitrogens with two attached hydrogens (primary N) is 1. The lowest BCUT2D eigenvalue weighted by Crippen LogP contribution is -2.41.